The van der Waals surface area contributed by atoms with Crippen LogP contribution in [-0.2, 0) is 6.42 Å². The number of hydrogen-bond acceptors (Lipinski definition) is 6. The van der Waals surface area contributed by atoms with Crippen LogP contribution in [0.4, 0.5) is 17.5 Å². The second-order valence-corrected chi connectivity index (χ2v) is 5.74. The molecule has 6 heteroatoms. The van der Waals surface area contributed by atoms with Gasteiger partial charge >= 0.3 is 0 Å². The van der Waals surface area contributed by atoms with E-state index < -0.39 is 0 Å². The van der Waals surface area contributed by atoms with E-state index in [1.807, 2.05) is 37.3 Å². The van der Waals surface area contributed by atoms with Crippen molar-refractivity contribution in [3.63, 3.8) is 0 Å². The van der Waals surface area contributed by atoms with Gasteiger partial charge in [-0.1, -0.05) is 42.5 Å². The number of para-hydroxylation sites is 2. The average Bonchev–Trinajstić information content (AvgIpc) is 2.68. The van der Waals surface area contributed by atoms with Gasteiger partial charge in [0.2, 0.25) is 5.95 Å². The highest BCUT2D eigenvalue weighted by Crippen LogP contribution is 2.26. The predicted octanol–water partition coefficient (Wildman–Crippen LogP) is 4.06. The smallest absolute Gasteiger partial charge is 0.249 e. The molecule has 6 nitrogen and oxygen atoms in total. The van der Waals surface area contributed by atoms with E-state index in [0.717, 1.165) is 30.8 Å². The number of hydrogen-bond donors (Lipinski definition) is 2. The summed E-state index contributed by atoms with van der Waals surface area (Å²) in [5.74, 6) is 1.90. The zero-order valence-corrected chi connectivity index (χ0v) is 14.9. The van der Waals surface area contributed by atoms with Gasteiger partial charge in [0.1, 0.15) is 5.75 Å². The van der Waals surface area contributed by atoms with E-state index in [1.54, 1.807) is 6.20 Å². The van der Waals surface area contributed by atoms with Crippen LogP contribution in [0.2, 0.25) is 0 Å². The molecule has 26 heavy (non-hydrogen) atoms. The van der Waals surface area contributed by atoms with E-state index >= 15 is 0 Å². The molecule has 1 heterocycles. The van der Waals surface area contributed by atoms with Crippen LogP contribution < -0.4 is 15.4 Å². The lowest BCUT2D eigenvalue weighted by atomic mass is 10.1. The Morgan fingerprint density at radius 1 is 1.00 bits per heavy atom. The van der Waals surface area contributed by atoms with Crippen molar-refractivity contribution < 1.29 is 4.74 Å². The van der Waals surface area contributed by atoms with Crippen LogP contribution in [0.1, 0.15) is 18.9 Å². The topological polar surface area (TPSA) is 72.0 Å². The molecule has 0 radical (unpaired) electrons. The lowest BCUT2D eigenvalue weighted by Crippen LogP contribution is -2.08. The molecular weight excluding hydrogens is 326 g/mol. The highest BCUT2D eigenvalue weighted by Gasteiger charge is 2.06. The van der Waals surface area contributed by atoms with Gasteiger partial charge in [-0.25, -0.2) is 0 Å². The third kappa shape index (κ3) is 5.17. The minimum atomic E-state index is 0.435. The van der Waals surface area contributed by atoms with Crippen molar-refractivity contribution in [1.29, 1.82) is 0 Å². The first-order valence-corrected chi connectivity index (χ1v) is 8.81. The van der Waals surface area contributed by atoms with E-state index in [2.05, 4.69) is 50.1 Å². The summed E-state index contributed by atoms with van der Waals surface area (Å²) in [5.41, 5.74) is 2.15. The molecule has 0 amide bonds. The van der Waals surface area contributed by atoms with Gasteiger partial charge < -0.3 is 15.4 Å². The maximum absolute atomic E-state index is 5.61. The molecule has 134 valence electrons. The van der Waals surface area contributed by atoms with Crippen molar-refractivity contribution in [3.05, 3.63) is 66.4 Å². The van der Waals surface area contributed by atoms with Gasteiger partial charge in [-0.15, -0.1) is 5.10 Å². The molecule has 2 aromatic carbocycles. The van der Waals surface area contributed by atoms with E-state index in [1.165, 1.54) is 5.56 Å². The number of anilines is 3. The van der Waals surface area contributed by atoms with E-state index in [4.69, 9.17) is 4.74 Å². The molecule has 3 aromatic rings. The normalized spacial score (nSPS) is 10.3. The molecular formula is C20H23N5O. The molecule has 0 fully saturated rings. The number of aromatic nitrogens is 3. The van der Waals surface area contributed by atoms with E-state index in [0.29, 0.717) is 18.4 Å². The van der Waals surface area contributed by atoms with Gasteiger partial charge in [0, 0.05) is 6.54 Å². The molecule has 0 bridgehead atoms. The quantitative estimate of drug-likeness (QED) is 0.568. The monoisotopic (exact) mass is 349 g/mol. The highest BCUT2D eigenvalue weighted by molar-refractivity contribution is 5.62. The Morgan fingerprint density at radius 3 is 2.65 bits per heavy atom. The SMILES string of the molecule is CCOc1ccccc1Nc1nncc(NCCCc2ccccc2)n1. The number of benzene rings is 2. The largest absolute Gasteiger partial charge is 0.492 e. The molecule has 0 atom stereocenters. The average molecular weight is 349 g/mol. The van der Waals surface area contributed by atoms with Crippen molar-refractivity contribution in [3.8, 4) is 5.75 Å². The van der Waals surface area contributed by atoms with Gasteiger partial charge in [0.25, 0.3) is 0 Å². The lowest BCUT2D eigenvalue weighted by molar-refractivity contribution is 0.342. The van der Waals surface area contributed by atoms with Crippen LogP contribution in [-0.4, -0.2) is 28.3 Å². The van der Waals surface area contributed by atoms with Crippen LogP contribution in [0.5, 0.6) is 5.75 Å². The zero-order chi connectivity index (χ0) is 18.0. The van der Waals surface area contributed by atoms with E-state index in [-0.39, 0.29) is 0 Å². The summed E-state index contributed by atoms with van der Waals surface area (Å²) in [5, 5.41) is 14.5. The fourth-order valence-electron chi connectivity index (χ4n) is 2.57. The van der Waals surface area contributed by atoms with Crippen molar-refractivity contribution in [2.45, 2.75) is 19.8 Å². The molecule has 0 aliphatic heterocycles. The first kappa shape index (κ1) is 17.7. The van der Waals surface area contributed by atoms with Gasteiger partial charge in [-0.3, -0.25) is 0 Å². The zero-order valence-electron chi connectivity index (χ0n) is 14.9. The Labute approximate surface area is 153 Å². The summed E-state index contributed by atoms with van der Waals surface area (Å²) in [6.07, 6.45) is 3.67. The molecule has 2 N–H and O–H groups in total. The minimum absolute atomic E-state index is 0.435. The third-order valence-corrected chi connectivity index (χ3v) is 3.78. The summed E-state index contributed by atoms with van der Waals surface area (Å²) in [6, 6.07) is 18.1. The summed E-state index contributed by atoms with van der Waals surface area (Å²) < 4.78 is 5.61. The van der Waals surface area contributed by atoms with Gasteiger partial charge in [-0.05, 0) is 37.5 Å². The maximum atomic E-state index is 5.61. The molecule has 0 aliphatic carbocycles. The Bertz CT molecular complexity index is 810. The summed E-state index contributed by atoms with van der Waals surface area (Å²) in [4.78, 5) is 4.46. The van der Waals surface area contributed by atoms with Crippen LogP contribution in [0.3, 0.4) is 0 Å². The molecule has 3 rings (SSSR count). The summed E-state index contributed by atoms with van der Waals surface area (Å²) in [7, 11) is 0. The number of rotatable bonds is 9. The lowest BCUT2D eigenvalue weighted by Gasteiger charge is -2.11. The standard InChI is InChI=1S/C20H23N5O/c1-2-26-18-13-7-6-12-17(18)23-20-24-19(15-22-25-20)21-14-8-11-16-9-4-3-5-10-16/h3-7,9-10,12-13,15H,2,8,11,14H2,1H3,(H2,21,23,24,25). The predicted molar refractivity (Wildman–Crippen MR) is 104 cm³/mol. The van der Waals surface area contributed by atoms with Crippen molar-refractivity contribution >= 4 is 17.5 Å². The first-order valence-electron chi connectivity index (χ1n) is 8.81. The second-order valence-electron chi connectivity index (χ2n) is 5.74. The van der Waals surface area contributed by atoms with Crippen LogP contribution >= 0.6 is 0 Å². The van der Waals surface area contributed by atoms with Gasteiger partial charge in [0.05, 0.1) is 18.5 Å². The van der Waals surface area contributed by atoms with Gasteiger partial charge in [-0.2, -0.15) is 10.1 Å². The molecule has 0 saturated heterocycles. The molecule has 0 spiro atoms. The molecule has 0 unspecified atom stereocenters. The van der Waals surface area contributed by atoms with Gasteiger partial charge in [0.15, 0.2) is 5.82 Å². The molecule has 0 aliphatic rings. The third-order valence-electron chi connectivity index (χ3n) is 3.78. The first-order chi connectivity index (χ1) is 12.8. The Morgan fingerprint density at radius 2 is 1.81 bits per heavy atom. The number of ether oxygens (including phenoxy) is 1. The summed E-state index contributed by atoms with van der Waals surface area (Å²) in [6.45, 7) is 3.37. The fourth-order valence-corrected chi connectivity index (χ4v) is 2.57. The van der Waals surface area contributed by atoms with Crippen molar-refractivity contribution in [2.24, 2.45) is 0 Å². The number of nitrogens with zero attached hydrogens (tertiary/aromatic N) is 3. The maximum Gasteiger partial charge on any atom is 0.249 e. The van der Waals surface area contributed by atoms with Crippen molar-refractivity contribution in [2.75, 3.05) is 23.8 Å². The highest BCUT2D eigenvalue weighted by atomic mass is 16.5. The van der Waals surface area contributed by atoms with E-state index in [9.17, 15) is 0 Å². The molecule has 0 saturated carbocycles. The Hall–Kier alpha value is -3.15. The van der Waals surface area contributed by atoms with Crippen molar-refractivity contribution in [1.82, 2.24) is 15.2 Å². The minimum Gasteiger partial charge on any atom is -0.492 e. The summed E-state index contributed by atoms with van der Waals surface area (Å²) >= 11 is 0. The van der Waals surface area contributed by atoms with Crippen LogP contribution in [0.15, 0.2) is 60.8 Å². The van der Waals surface area contributed by atoms with Crippen LogP contribution in [0, 0.1) is 0 Å². The molecule has 1 aromatic heterocycles. The second kappa shape index (κ2) is 9.36. The fraction of sp³-hybridized carbons (Fsp3) is 0.250. The number of aryl methyl sites for hydroxylation is 1. The Kier molecular flexibility index (Phi) is 6.36. The number of nitrogens with one attached hydrogen (secondary N) is 2. The van der Waals surface area contributed by atoms with Crippen LogP contribution in [0.25, 0.3) is 0 Å². The Balaban J connectivity index is 1.55.